The fraction of sp³-hybridized carbons (Fsp3) is 0.562. The second-order valence-corrected chi connectivity index (χ2v) is 7.22. The molecule has 116 valence electrons. The van der Waals surface area contributed by atoms with Gasteiger partial charge in [-0.15, -0.1) is 0 Å². The first-order chi connectivity index (χ1) is 10.1. The zero-order valence-corrected chi connectivity index (χ0v) is 13.4. The van der Waals surface area contributed by atoms with Gasteiger partial charge in [0.15, 0.2) is 0 Å². The number of hydrogen-bond donors (Lipinski definition) is 2. The van der Waals surface area contributed by atoms with Crippen molar-refractivity contribution in [1.29, 1.82) is 0 Å². The monoisotopic (exact) mass is 308 g/mol. The maximum absolute atomic E-state index is 12.2. The van der Waals surface area contributed by atoms with Gasteiger partial charge >= 0.3 is 0 Å². The van der Waals surface area contributed by atoms with Crippen LogP contribution in [0.4, 0.5) is 5.69 Å². The third-order valence-corrected chi connectivity index (χ3v) is 5.29. The van der Waals surface area contributed by atoms with Crippen LogP contribution < -0.4 is 11.1 Å². The summed E-state index contributed by atoms with van der Waals surface area (Å²) in [7, 11) is -1.31. The lowest BCUT2D eigenvalue weighted by molar-refractivity contribution is -0.119. The molecule has 1 saturated carbocycles. The van der Waals surface area contributed by atoms with Gasteiger partial charge in [-0.25, -0.2) is 0 Å². The van der Waals surface area contributed by atoms with E-state index in [4.69, 9.17) is 5.73 Å². The van der Waals surface area contributed by atoms with Gasteiger partial charge in [-0.05, 0) is 43.5 Å². The Balaban J connectivity index is 1.89. The highest BCUT2D eigenvalue weighted by Gasteiger charge is 2.17. The Hall–Kier alpha value is -1.36. The fourth-order valence-electron chi connectivity index (χ4n) is 2.69. The topological polar surface area (TPSA) is 72.2 Å². The highest BCUT2D eigenvalue weighted by atomic mass is 32.2. The minimum absolute atomic E-state index is 0.0276. The number of nitrogens with two attached hydrogens (primary N) is 1. The molecule has 1 fully saturated rings. The molecule has 0 aromatic heterocycles. The predicted molar refractivity (Wildman–Crippen MR) is 86.5 cm³/mol. The van der Waals surface area contributed by atoms with Crippen LogP contribution in [0.3, 0.4) is 0 Å². The van der Waals surface area contributed by atoms with Crippen molar-refractivity contribution in [2.24, 2.45) is 0 Å². The maximum atomic E-state index is 12.2. The molecule has 1 atom stereocenters. The molecule has 1 amide bonds. The summed E-state index contributed by atoms with van der Waals surface area (Å²) in [4.78, 5) is 12.7. The molecule has 0 bridgehead atoms. The lowest BCUT2D eigenvalue weighted by Gasteiger charge is -2.16. The largest absolute Gasteiger partial charge is 0.399 e. The predicted octanol–water partition coefficient (Wildman–Crippen LogP) is 2.52. The SMILES string of the molecule is Cc1cc(S(=O)CC(=O)NC2CCCCCC2)ccc1N. The van der Waals surface area contributed by atoms with Crippen molar-refractivity contribution in [3.63, 3.8) is 0 Å². The van der Waals surface area contributed by atoms with Gasteiger partial charge in [0, 0.05) is 16.6 Å². The van der Waals surface area contributed by atoms with Crippen molar-refractivity contribution in [2.45, 2.75) is 56.4 Å². The Labute approximate surface area is 129 Å². The molecule has 2 rings (SSSR count). The molecule has 5 heteroatoms. The molecular weight excluding hydrogens is 284 g/mol. The van der Waals surface area contributed by atoms with Gasteiger partial charge in [-0.1, -0.05) is 25.7 Å². The minimum Gasteiger partial charge on any atom is -0.399 e. The smallest absolute Gasteiger partial charge is 0.233 e. The van der Waals surface area contributed by atoms with Gasteiger partial charge in [0.2, 0.25) is 5.91 Å². The average Bonchev–Trinajstić information content (AvgIpc) is 2.70. The van der Waals surface area contributed by atoms with Crippen LogP contribution in [0.25, 0.3) is 0 Å². The molecule has 0 radical (unpaired) electrons. The fourth-order valence-corrected chi connectivity index (χ4v) is 3.70. The summed E-state index contributed by atoms with van der Waals surface area (Å²) in [5, 5.41) is 3.03. The zero-order valence-electron chi connectivity index (χ0n) is 12.6. The Bertz CT molecular complexity index is 523. The third-order valence-electron chi connectivity index (χ3n) is 3.99. The molecule has 1 aromatic rings. The second kappa shape index (κ2) is 7.59. The van der Waals surface area contributed by atoms with E-state index in [0.717, 1.165) is 18.4 Å². The van der Waals surface area contributed by atoms with Crippen LogP contribution in [-0.2, 0) is 15.6 Å². The molecule has 1 aliphatic rings. The summed E-state index contributed by atoms with van der Waals surface area (Å²) in [5.74, 6) is -0.0884. The minimum atomic E-state index is -1.31. The normalized spacial score (nSPS) is 18.0. The Morgan fingerprint density at radius 2 is 1.95 bits per heavy atom. The van der Waals surface area contributed by atoms with E-state index in [9.17, 15) is 9.00 Å². The summed E-state index contributed by atoms with van der Waals surface area (Å²) < 4.78 is 12.2. The molecule has 21 heavy (non-hydrogen) atoms. The average molecular weight is 308 g/mol. The first-order valence-electron chi connectivity index (χ1n) is 7.60. The first kappa shape index (κ1) is 16.0. The molecule has 1 unspecified atom stereocenters. The number of benzene rings is 1. The highest BCUT2D eigenvalue weighted by molar-refractivity contribution is 7.85. The molecule has 3 N–H and O–H groups in total. The number of hydrogen-bond acceptors (Lipinski definition) is 3. The summed E-state index contributed by atoms with van der Waals surface area (Å²) >= 11 is 0. The molecular formula is C16H24N2O2S. The van der Waals surface area contributed by atoms with Crippen LogP contribution in [-0.4, -0.2) is 21.9 Å². The third kappa shape index (κ3) is 4.84. The number of rotatable bonds is 4. The summed E-state index contributed by atoms with van der Waals surface area (Å²) in [6, 6.07) is 5.53. The van der Waals surface area contributed by atoms with Gasteiger partial charge in [0.05, 0.1) is 10.8 Å². The number of nitrogens with one attached hydrogen (secondary N) is 1. The van der Waals surface area contributed by atoms with E-state index in [2.05, 4.69) is 5.32 Å². The van der Waals surface area contributed by atoms with Gasteiger partial charge in [-0.2, -0.15) is 0 Å². The quantitative estimate of drug-likeness (QED) is 0.663. The number of amides is 1. The van der Waals surface area contributed by atoms with E-state index in [0.29, 0.717) is 10.6 Å². The molecule has 4 nitrogen and oxygen atoms in total. The van der Waals surface area contributed by atoms with Crippen molar-refractivity contribution in [2.75, 3.05) is 11.5 Å². The van der Waals surface area contributed by atoms with Crippen LogP contribution >= 0.6 is 0 Å². The molecule has 1 aromatic carbocycles. The molecule has 0 spiro atoms. The van der Waals surface area contributed by atoms with Crippen LogP contribution in [0.5, 0.6) is 0 Å². The molecule has 0 saturated heterocycles. The van der Waals surface area contributed by atoms with E-state index < -0.39 is 10.8 Å². The summed E-state index contributed by atoms with van der Waals surface area (Å²) in [6.07, 6.45) is 6.93. The lowest BCUT2D eigenvalue weighted by atomic mass is 10.1. The first-order valence-corrected chi connectivity index (χ1v) is 8.92. The van der Waals surface area contributed by atoms with Crippen molar-refractivity contribution < 1.29 is 9.00 Å². The molecule has 0 heterocycles. The number of carbonyl (C=O) groups excluding carboxylic acids is 1. The van der Waals surface area contributed by atoms with E-state index in [-0.39, 0.29) is 17.7 Å². The number of carbonyl (C=O) groups is 1. The number of aryl methyl sites for hydroxylation is 1. The summed E-state index contributed by atoms with van der Waals surface area (Å²) in [6.45, 7) is 1.88. The Kier molecular flexibility index (Phi) is 5.79. The van der Waals surface area contributed by atoms with E-state index >= 15 is 0 Å². The van der Waals surface area contributed by atoms with Crippen molar-refractivity contribution in [1.82, 2.24) is 5.32 Å². The molecule has 1 aliphatic carbocycles. The zero-order chi connectivity index (χ0) is 15.2. The van der Waals surface area contributed by atoms with E-state index in [1.54, 1.807) is 18.2 Å². The maximum Gasteiger partial charge on any atom is 0.233 e. The van der Waals surface area contributed by atoms with Gasteiger partial charge in [0.1, 0.15) is 5.75 Å². The van der Waals surface area contributed by atoms with Crippen LogP contribution in [0.15, 0.2) is 23.1 Å². The van der Waals surface area contributed by atoms with Gasteiger partial charge < -0.3 is 11.1 Å². The van der Waals surface area contributed by atoms with E-state index in [1.807, 2.05) is 6.92 Å². The van der Waals surface area contributed by atoms with Crippen LogP contribution in [0.2, 0.25) is 0 Å². The highest BCUT2D eigenvalue weighted by Crippen LogP contribution is 2.18. The van der Waals surface area contributed by atoms with Crippen molar-refractivity contribution in [3.05, 3.63) is 23.8 Å². The number of nitrogen functional groups attached to an aromatic ring is 1. The Morgan fingerprint density at radius 3 is 2.57 bits per heavy atom. The van der Waals surface area contributed by atoms with Crippen molar-refractivity contribution >= 4 is 22.4 Å². The van der Waals surface area contributed by atoms with Crippen LogP contribution in [0, 0.1) is 6.92 Å². The summed E-state index contributed by atoms with van der Waals surface area (Å²) in [5.41, 5.74) is 7.32. The standard InChI is InChI=1S/C16H24N2O2S/c1-12-10-14(8-9-15(12)17)21(20)11-16(19)18-13-6-4-2-3-5-7-13/h8-10,13H,2-7,11,17H2,1H3,(H,18,19). The second-order valence-electron chi connectivity index (χ2n) is 5.76. The van der Waals surface area contributed by atoms with Crippen molar-refractivity contribution in [3.8, 4) is 0 Å². The lowest BCUT2D eigenvalue weighted by Crippen LogP contribution is -2.37. The number of anilines is 1. The molecule has 0 aliphatic heterocycles. The van der Waals surface area contributed by atoms with Crippen LogP contribution in [0.1, 0.15) is 44.1 Å². The van der Waals surface area contributed by atoms with E-state index in [1.165, 1.54) is 25.7 Å². The van der Waals surface area contributed by atoms with Gasteiger partial charge in [0.25, 0.3) is 0 Å². The van der Waals surface area contributed by atoms with Gasteiger partial charge in [-0.3, -0.25) is 9.00 Å². The Morgan fingerprint density at radius 1 is 1.29 bits per heavy atom.